The second-order valence-corrected chi connectivity index (χ2v) is 7.71. The summed E-state index contributed by atoms with van der Waals surface area (Å²) in [5.41, 5.74) is 4.06. The van der Waals surface area contributed by atoms with Crippen LogP contribution in [-0.4, -0.2) is 54.3 Å². The van der Waals surface area contributed by atoms with Gasteiger partial charge in [0.05, 0.1) is 6.54 Å². The van der Waals surface area contributed by atoms with E-state index in [2.05, 4.69) is 10.2 Å². The van der Waals surface area contributed by atoms with E-state index in [-0.39, 0.29) is 11.8 Å². The van der Waals surface area contributed by atoms with Crippen molar-refractivity contribution < 1.29 is 9.59 Å². The zero-order valence-corrected chi connectivity index (χ0v) is 17.1. The summed E-state index contributed by atoms with van der Waals surface area (Å²) in [6, 6.07) is 13.3. The van der Waals surface area contributed by atoms with Crippen LogP contribution in [0.2, 0.25) is 5.02 Å². The number of piperazine rings is 1. The van der Waals surface area contributed by atoms with Gasteiger partial charge in [-0.25, -0.2) is 0 Å². The van der Waals surface area contributed by atoms with Crippen molar-refractivity contribution in [2.45, 2.75) is 20.4 Å². The van der Waals surface area contributed by atoms with E-state index in [1.807, 2.05) is 61.2 Å². The summed E-state index contributed by atoms with van der Waals surface area (Å²) < 4.78 is 0. The average molecular weight is 400 g/mol. The lowest BCUT2D eigenvalue weighted by Gasteiger charge is -2.34. The van der Waals surface area contributed by atoms with Crippen molar-refractivity contribution in [3.63, 3.8) is 0 Å². The minimum Gasteiger partial charge on any atom is -0.351 e. The molecular weight excluding hydrogens is 374 g/mol. The maximum Gasteiger partial charge on any atom is 0.253 e. The molecule has 0 saturated carbocycles. The van der Waals surface area contributed by atoms with Gasteiger partial charge in [0.15, 0.2) is 0 Å². The Morgan fingerprint density at radius 1 is 0.964 bits per heavy atom. The highest BCUT2D eigenvalue weighted by Crippen LogP contribution is 2.14. The van der Waals surface area contributed by atoms with Gasteiger partial charge in [-0.1, -0.05) is 29.8 Å². The van der Waals surface area contributed by atoms with Crippen molar-refractivity contribution in [3.8, 4) is 0 Å². The Balaban J connectivity index is 1.44. The van der Waals surface area contributed by atoms with Gasteiger partial charge in [-0.15, -0.1) is 0 Å². The quantitative estimate of drug-likeness (QED) is 0.840. The molecule has 5 nitrogen and oxygen atoms in total. The molecule has 1 saturated heterocycles. The van der Waals surface area contributed by atoms with Gasteiger partial charge in [0.1, 0.15) is 0 Å². The van der Waals surface area contributed by atoms with Crippen molar-refractivity contribution in [2.75, 3.05) is 32.7 Å². The monoisotopic (exact) mass is 399 g/mol. The van der Waals surface area contributed by atoms with Gasteiger partial charge in [0, 0.05) is 43.3 Å². The minimum absolute atomic E-state index is 0.0103. The van der Waals surface area contributed by atoms with Crippen LogP contribution in [-0.2, 0) is 11.3 Å². The Bertz CT molecular complexity index is 843. The molecular formula is C22H26ClN3O2. The highest BCUT2D eigenvalue weighted by molar-refractivity contribution is 6.30. The van der Waals surface area contributed by atoms with Crippen molar-refractivity contribution in [3.05, 3.63) is 69.7 Å². The molecule has 0 aliphatic carbocycles. The number of nitrogens with zero attached hydrogens (tertiary/aromatic N) is 2. The highest BCUT2D eigenvalue weighted by Gasteiger charge is 2.23. The van der Waals surface area contributed by atoms with Gasteiger partial charge < -0.3 is 10.2 Å². The zero-order valence-electron chi connectivity index (χ0n) is 16.4. The van der Waals surface area contributed by atoms with Gasteiger partial charge in [0.25, 0.3) is 5.91 Å². The van der Waals surface area contributed by atoms with E-state index in [4.69, 9.17) is 11.6 Å². The van der Waals surface area contributed by atoms with E-state index >= 15 is 0 Å². The number of benzene rings is 2. The lowest BCUT2D eigenvalue weighted by molar-refractivity contribution is -0.122. The Kier molecular flexibility index (Phi) is 6.70. The normalized spacial score (nSPS) is 14.8. The number of rotatable bonds is 5. The van der Waals surface area contributed by atoms with Crippen molar-refractivity contribution >= 4 is 23.4 Å². The first-order valence-electron chi connectivity index (χ1n) is 9.52. The van der Waals surface area contributed by atoms with Crippen LogP contribution in [0.15, 0.2) is 42.5 Å². The summed E-state index contributed by atoms with van der Waals surface area (Å²) >= 11 is 5.87. The maximum atomic E-state index is 12.7. The number of carbonyl (C=O) groups is 2. The van der Waals surface area contributed by atoms with Crippen molar-refractivity contribution in [2.24, 2.45) is 0 Å². The Hall–Kier alpha value is -2.37. The third-order valence-electron chi connectivity index (χ3n) is 5.18. The molecule has 0 unspecified atom stereocenters. The van der Waals surface area contributed by atoms with E-state index in [1.54, 1.807) is 0 Å². The molecule has 2 amide bonds. The fourth-order valence-corrected chi connectivity index (χ4v) is 3.35. The molecule has 1 heterocycles. The summed E-state index contributed by atoms with van der Waals surface area (Å²) in [4.78, 5) is 28.8. The lowest BCUT2D eigenvalue weighted by Crippen LogP contribution is -2.51. The molecule has 2 aromatic carbocycles. The van der Waals surface area contributed by atoms with Crippen LogP contribution in [0.3, 0.4) is 0 Å². The number of hydrogen-bond acceptors (Lipinski definition) is 3. The molecule has 0 atom stereocenters. The van der Waals surface area contributed by atoms with Crippen LogP contribution in [0.1, 0.15) is 27.0 Å². The third-order valence-corrected chi connectivity index (χ3v) is 5.44. The van der Waals surface area contributed by atoms with Crippen LogP contribution in [0.5, 0.6) is 0 Å². The van der Waals surface area contributed by atoms with Gasteiger partial charge in [0.2, 0.25) is 5.91 Å². The van der Waals surface area contributed by atoms with Gasteiger partial charge in [-0.2, -0.15) is 0 Å². The Labute approximate surface area is 171 Å². The summed E-state index contributed by atoms with van der Waals surface area (Å²) in [6.07, 6.45) is 0. The largest absolute Gasteiger partial charge is 0.351 e. The smallest absolute Gasteiger partial charge is 0.253 e. The molecule has 148 valence electrons. The maximum absolute atomic E-state index is 12.7. The first-order chi connectivity index (χ1) is 13.4. The number of aryl methyl sites for hydroxylation is 2. The second-order valence-electron chi connectivity index (χ2n) is 7.27. The van der Waals surface area contributed by atoms with E-state index in [0.717, 1.165) is 16.7 Å². The number of hydrogen-bond donors (Lipinski definition) is 1. The molecule has 1 N–H and O–H groups in total. The topological polar surface area (TPSA) is 52.7 Å². The Morgan fingerprint density at radius 3 is 2.29 bits per heavy atom. The first kappa shape index (κ1) is 20.4. The molecule has 0 aromatic heterocycles. The van der Waals surface area contributed by atoms with E-state index in [9.17, 15) is 9.59 Å². The van der Waals surface area contributed by atoms with E-state index < -0.39 is 0 Å². The lowest BCUT2D eigenvalue weighted by atomic mass is 10.1. The summed E-state index contributed by atoms with van der Waals surface area (Å²) in [7, 11) is 0. The summed E-state index contributed by atoms with van der Waals surface area (Å²) in [5, 5.41) is 3.62. The number of amides is 2. The van der Waals surface area contributed by atoms with Gasteiger partial charge in [-0.3, -0.25) is 14.5 Å². The predicted octanol–water partition coefficient (Wildman–Crippen LogP) is 3.03. The molecule has 0 spiro atoms. The predicted molar refractivity (Wildman–Crippen MR) is 112 cm³/mol. The average Bonchev–Trinajstić information content (AvgIpc) is 2.70. The molecule has 3 rings (SSSR count). The zero-order chi connectivity index (χ0) is 20.1. The second kappa shape index (κ2) is 9.22. The first-order valence-corrected chi connectivity index (χ1v) is 9.90. The van der Waals surface area contributed by atoms with Gasteiger partial charge in [-0.05, 0) is 54.8 Å². The molecule has 6 heteroatoms. The van der Waals surface area contributed by atoms with Crippen LogP contribution < -0.4 is 5.32 Å². The van der Waals surface area contributed by atoms with E-state index in [1.165, 1.54) is 5.56 Å². The molecule has 1 aliphatic rings. The molecule has 0 bridgehead atoms. The number of halogens is 1. The van der Waals surface area contributed by atoms with Crippen LogP contribution in [0.4, 0.5) is 0 Å². The van der Waals surface area contributed by atoms with Crippen LogP contribution in [0.25, 0.3) is 0 Å². The number of carbonyl (C=O) groups excluding carboxylic acids is 2. The molecule has 2 aromatic rings. The van der Waals surface area contributed by atoms with Gasteiger partial charge >= 0.3 is 0 Å². The number of nitrogens with one attached hydrogen (secondary N) is 1. The fourth-order valence-electron chi connectivity index (χ4n) is 3.23. The molecule has 1 fully saturated rings. The van der Waals surface area contributed by atoms with Crippen LogP contribution in [0, 0.1) is 13.8 Å². The third kappa shape index (κ3) is 5.33. The fraction of sp³-hybridized carbons (Fsp3) is 0.364. The minimum atomic E-state index is -0.0103. The molecule has 0 radical (unpaired) electrons. The highest BCUT2D eigenvalue weighted by atomic mass is 35.5. The Morgan fingerprint density at radius 2 is 1.64 bits per heavy atom. The SMILES string of the molecule is Cc1ccc(C(=O)N2CCN(CC(=O)NCc3ccc(Cl)cc3)CC2)cc1C. The summed E-state index contributed by atoms with van der Waals surface area (Å²) in [5.74, 6) is 0.0545. The van der Waals surface area contributed by atoms with Crippen molar-refractivity contribution in [1.29, 1.82) is 0 Å². The van der Waals surface area contributed by atoms with Crippen molar-refractivity contribution in [1.82, 2.24) is 15.1 Å². The van der Waals surface area contributed by atoms with E-state index in [0.29, 0.717) is 44.3 Å². The summed E-state index contributed by atoms with van der Waals surface area (Å²) in [6.45, 7) is 7.57. The molecule has 28 heavy (non-hydrogen) atoms. The molecule has 1 aliphatic heterocycles. The standard InChI is InChI=1S/C22H26ClN3O2/c1-16-3-6-19(13-17(16)2)22(28)26-11-9-25(10-12-26)15-21(27)24-14-18-4-7-20(23)8-5-18/h3-8,13H,9-12,14-15H2,1-2H3,(H,24,27). The van der Waals surface area contributed by atoms with Crippen LogP contribution >= 0.6 is 11.6 Å².